The lowest BCUT2D eigenvalue weighted by molar-refractivity contribution is -0.119. The van der Waals surface area contributed by atoms with Crippen LogP contribution in [0.1, 0.15) is 42.5 Å². The Morgan fingerprint density at radius 3 is 2.33 bits per heavy atom. The summed E-state index contributed by atoms with van der Waals surface area (Å²) in [5, 5.41) is 7.57. The lowest BCUT2D eigenvalue weighted by Crippen LogP contribution is -2.37. The number of fused-ring (bicyclic) bond motifs is 1. The zero-order chi connectivity index (χ0) is 23.5. The van der Waals surface area contributed by atoms with Gasteiger partial charge in [0.1, 0.15) is 6.04 Å². The molecule has 1 unspecified atom stereocenters. The first-order valence-corrected chi connectivity index (χ1v) is 11.2. The number of anilines is 1. The Balaban J connectivity index is 1.70. The molecule has 1 atom stereocenters. The van der Waals surface area contributed by atoms with Crippen molar-refractivity contribution in [2.45, 2.75) is 45.6 Å². The molecule has 7 nitrogen and oxygen atoms in total. The van der Waals surface area contributed by atoms with Gasteiger partial charge in [0.2, 0.25) is 5.91 Å². The van der Waals surface area contributed by atoms with E-state index in [1.807, 2.05) is 31.2 Å². The van der Waals surface area contributed by atoms with E-state index in [9.17, 15) is 9.59 Å². The molecule has 0 bridgehead atoms. The molecule has 1 aliphatic carbocycles. The van der Waals surface area contributed by atoms with Gasteiger partial charge in [0.05, 0.1) is 19.9 Å². The number of aryl methyl sites for hydroxylation is 1. The normalized spacial score (nSPS) is 13.7. The van der Waals surface area contributed by atoms with Crippen LogP contribution in [-0.4, -0.2) is 29.9 Å². The standard InChI is InChI=1S/C26H29N3O4/c1-16-9-11-18(12-10-16)24-20-7-5-6-8-21(20)26(31)29(28-24)17(2)25(30)27-19-13-14-22(32-3)23(15-19)33-4/h9-15,17H,5-8H2,1-4H3,(H,27,30). The molecule has 7 heteroatoms. The van der Waals surface area contributed by atoms with Gasteiger partial charge in [0.15, 0.2) is 11.5 Å². The molecule has 0 saturated heterocycles. The summed E-state index contributed by atoms with van der Waals surface area (Å²) in [6, 6.07) is 12.5. The molecular weight excluding hydrogens is 418 g/mol. The predicted molar refractivity (Wildman–Crippen MR) is 128 cm³/mol. The highest BCUT2D eigenvalue weighted by molar-refractivity contribution is 5.93. The van der Waals surface area contributed by atoms with Crippen molar-refractivity contribution in [3.8, 4) is 22.8 Å². The molecule has 172 valence electrons. The van der Waals surface area contributed by atoms with E-state index in [1.54, 1.807) is 32.2 Å². The van der Waals surface area contributed by atoms with Gasteiger partial charge in [-0.2, -0.15) is 5.10 Å². The van der Waals surface area contributed by atoms with Crippen molar-refractivity contribution in [1.29, 1.82) is 0 Å². The van der Waals surface area contributed by atoms with Crippen LogP contribution < -0.4 is 20.3 Å². The van der Waals surface area contributed by atoms with Crippen LogP contribution in [0.3, 0.4) is 0 Å². The molecule has 4 rings (SSSR count). The number of carbonyl (C=O) groups is 1. The van der Waals surface area contributed by atoms with E-state index in [2.05, 4.69) is 5.32 Å². The quantitative estimate of drug-likeness (QED) is 0.609. The molecule has 0 spiro atoms. The zero-order valence-electron chi connectivity index (χ0n) is 19.5. The molecule has 2 aromatic carbocycles. The Morgan fingerprint density at radius 2 is 1.67 bits per heavy atom. The first-order valence-electron chi connectivity index (χ1n) is 11.2. The Kier molecular flexibility index (Phi) is 6.49. The monoisotopic (exact) mass is 447 g/mol. The molecular formula is C26H29N3O4. The van der Waals surface area contributed by atoms with Crippen molar-refractivity contribution >= 4 is 11.6 Å². The molecule has 33 heavy (non-hydrogen) atoms. The molecule has 3 aromatic rings. The number of aromatic nitrogens is 2. The lowest BCUT2D eigenvalue weighted by Gasteiger charge is -2.23. The molecule has 0 fully saturated rings. The van der Waals surface area contributed by atoms with Crippen LogP contribution in [0, 0.1) is 6.92 Å². The molecule has 1 aromatic heterocycles. The number of amides is 1. The third-order valence-electron chi connectivity index (χ3n) is 6.15. The Bertz CT molecular complexity index is 1230. The van der Waals surface area contributed by atoms with Gasteiger partial charge in [-0.05, 0) is 57.2 Å². The molecule has 1 heterocycles. The summed E-state index contributed by atoms with van der Waals surface area (Å²) in [5.74, 6) is 0.745. The van der Waals surface area contributed by atoms with Gasteiger partial charge < -0.3 is 14.8 Å². The minimum atomic E-state index is -0.790. The van der Waals surface area contributed by atoms with E-state index in [0.29, 0.717) is 23.6 Å². The number of nitrogens with one attached hydrogen (secondary N) is 1. The van der Waals surface area contributed by atoms with Crippen molar-refractivity contribution in [3.63, 3.8) is 0 Å². The first-order chi connectivity index (χ1) is 15.9. The predicted octanol–water partition coefficient (Wildman–Crippen LogP) is 4.31. The van der Waals surface area contributed by atoms with Crippen LogP contribution in [0.15, 0.2) is 47.3 Å². The molecule has 1 amide bonds. The molecule has 0 radical (unpaired) electrons. The average Bonchev–Trinajstić information content (AvgIpc) is 2.84. The smallest absolute Gasteiger partial charge is 0.271 e. The summed E-state index contributed by atoms with van der Waals surface area (Å²) in [6.45, 7) is 3.73. The van der Waals surface area contributed by atoms with E-state index in [0.717, 1.165) is 47.2 Å². The van der Waals surface area contributed by atoms with Gasteiger partial charge in [0, 0.05) is 22.9 Å². The number of rotatable bonds is 6. The van der Waals surface area contributed by atoms with Gasteiger partial charge in [0.25, 0.3) is 5.56 Å². The second kappa shape index (κ2) is 9.48. The minimum absolute atomic E-state index is 0.185. The fraction of sp³-hybridized carbons (Fsp3) is 0.346. The van der Waals surface area contributed by atoms with Crippen LogP contribution >= 0.6 is 0 Å². The van der Waals surface area contributed by atoms with Crippen LogP contribution in [0.2, 0.25) is 0 Å². The molecule has 1 N–H and O–H groups in total. The first kappa shape index (κ1) is 22.6. The third-order valence-corrected chi connectivity index (χ3v) is 6.15. The molecule has 0 aliphatic heterocycles. The number of ether oxygens (including phenoxy) is 2. The van der Waals surface area contributed by atoms with Crippen molar-refractivity contribution in [1.82, 2.24) is 9.78 Å². The lowest BCUT2D eigenvalue weighted by atomic mass is 9.89. The Morgan fingerprint density at radius 1 is 1.00 bits per heavy atom. The summed E-state index contributed by atoms with van der Waals surface area (Å²) in [7, 11) is 3.09. The van der Waals surface area contributed by atoms with E-state index in [-0.39, 0.29) is 11.5 Å². The van der Waals surface area contributed by atoms with Crippen LogP contribution in [0.4, 0.5) is 5.69 Å². The highest BCUT2D eigenvalue weighted by atomic mass is 16.5. The highest BCUT2D eigenvalue weighted by Gasteiger charge is 2.26. The average molecular weight is 448 g/mol. The maximum Gasteiger partial charge on any atom is 0.271 e. The third kappa shape index (κ3) is 4.49. The number of carbonyl (C=O) groups excluding carboxylic acids is 1. The summed E-state index contributed by atoms with van der Waals surface area (Å²) in [5.41, 5.74) is 5.06. The number of nitrogens with zero attached hydrogens (tertiary/aromatic N) is 2. The SMILES string of the molecule is COc1ccc(NC(=O)C(C)n2nc(-c3ccc(C)cc3)c3c(c2=O)CCCC3)cc1OC. The highest BCUT2D eigenvalue weighted by Crippen LogP contribution is 2.31. The fourth-order valence-electron chi connectivity index (χ4n) is 4.23. The van der Waals surface area contributed by atoms with Gasteiger partial charge in [-0.15, -0.1) is 0 Å². The van der Waals surface area contributed by atoms with Gasteiger partial charge in [-0.3, -0.25) is 9.59 Å². The van der Waals surface area contributed by atoms with Crippen LogP contribution in [-0.2, 0) is 17.6 Å². The van der Waals surface area contributed by atoms with E-state index >= 15 is 0 Å². The summed E-state index contributed by atoms with van der Waals surface area (Å²) in [6.07, 6.45) is 3.53. The summed E-state index contributed by atoms with van der Waals surface area (Å²) < 4.78 is 11.9. The fourth-order valence-corrected chi connectivity index (χ4v) is 4.23. The van der Waals surface area contributed by atoms with Gasteiger partial charge in [-0.25, -0.2) is 4.68 Å². The van der Waals surface area contributed by atoms with E-state index < -0.39 is 6.04 Å². The van der Waals surface area contributed by atoms with Crippen molar-refractivity contribution in [2.75, 3.05) is 19.5 Å². The van der Waals surface area contributed by atoms with Gasteiger partial charge in [-0.1, -0.05) is 29.8 Å². The van der Waals surface area contributed by atoms with Crippen molar-refractivity contribution in [2.24, 2.45) is 0 Å². The zero-order valence-corrected chi connectivity index (χ0v) is 19.5. The second-order valence-electron chi connectivity index (χ2n) is 8.36. The maximum absolute atomic E-state index is 13.3. The minimum Gasteiger partial charge on any atom is -0.493 e. The maximum atomic E-state index is 13.3. The van der Waals surface area contributed by atoms with Crippen LogP contribution in [0.25, 0.3) is 11.3 Å². The topological polar surface area (TPSA) is 82.5 Å². The van der Waals surface area contributed by atoms with E-state index in [1.165, 1.54) is 11.8 Å². The Labute approximate surface area is 193 Å². The van der Waals surface area contributed by atoms with Gasteiger partial charge >= 0.3 is 0 Å². The van der Waals surface area contributed by atoms with E-state index in [4.69, 9.17) is 14.6 Å². The largest absolute Gasteiger partial charge is 0.493 e. The summed E-state index contributed by atoms with van der Waals surface area (Å²) in [4.78, 5) is 26.4. The number of methoxy groups -OCH3 is 2. The molecule has 0 saturated carbocycles. The molecule has 1 aliphatic rings. The van der Waals surface area contributed by atoms with Crippen molar-refractivity contribution in [3.05, 3.63) is 69.5 Å². The second-order valence-corrected chi connectivity index (χ2v) is 8.36. The Hall–Kier alpha value is -3.61. The number of benzene rings is 2. The van der Waals surface area contributed by atoms with Crippen molar-refractivity contribution < 1.29 is 14.3 Å². The number of hydrogen-bond acceptors (Lipinski definition) is 5. The summed E-state index contributed by atoms with van der Waals surface area (Å²) >= 11 is 0. The van der Waals surface area contributed by atoms with Crippen LogP contribution in [0.5, 0.6) is 11.5 Å². The number of hydrogen-bond donors (Lipinski definition) is 1.